The van der Waals surface area contributed by atoms with Gasteiger partial charge in [0.15, 0.2) is 17.5 Å². The molecule has 0 spiro atoms. The minimum Gasteiger partial charge on any atom is -0.204 e. The van der Waals surface area contributed by atoms with Crippen LogP contribution < -0.4 is 0 Å². The number of halogens is 4. The molecule has 0 heterocycles. The highest BCUT2D eigenvalue weighted by atomic mass is 127. The number of benzene rings is 1. The van der Waals surface area contributed by atoms with Crippen molar-refractivity contribution in [3.63, 3.8) is 0 Å². The summed E-state index contributed by atoms with van der Waals surface area (Å²) in [6.45, 7) is 0. The number of rotatable bonds is 0. The molecular formula is C8F3IN2. The molecule has 0 unspecified atom stereocenters. The molecule has 0 N–H and O–H groups in total. The standard InChI is InChI=1S/C8F3IN2/c9-5-3(1-13)6(10)7(11)8(12)4(5)2-14. The topological polar surface area (TPSA) is 47.6 Å². The summed E-state index contributed by atoms with van der Waals surface area (Å²) in [4.78, 5) is 0. The smallest absolute Gasteiger partial charge is 0.180 e. The van der Waals surface area contributed by atoms with Crippen molar-refractivity contribution >= 4 is 22.6 Å². The Labute approximate surface area is 90.7 Å². The van der Waals surface area contributed by atoms with Crippen molar-refractivity contribution in [1.82, 2.24) is 0 Å². The van der Waals surface area contributed by atoms with E-state index in [1.165, 1.54) is 28.7 Å². The van der Waals surface area contributed by atoms with Gasteiger partial charge in [-0.15, -0.1) is 0 Å². The molecular weight excluding hydrogens is 308 g/mol. The second-order valence-corrected chi connectivity index (χ2v) is 3.31. The fraction of sp³-hybridized carbons (Fsp3) is 0. The van der Waals surface area contributed by atoms with E-state index in [4.69, 9.17) is 10.5 Å². The maximum atomic E-state index is 13.1. The van der Waals surface area contributed by atoms with Crippen LogP contribution in [0.1, 0.15) is 11.1 Å². The quantitative estimate of drug-likeness (QED) is 0.420. The molecule has 0 radical (unpaired) electrons. The van der Waals surface area contributed by atoms with Crippen molar-refractivity contribution in [2.24, 2.45) is 0 Å². The highest BCUT2D eigenvalue weighted by Gasteiger charge is 2.23. The van der Waals surface area contributed by atoms with E-state index in [2.05, 4.69) is 0 Å². The van der Waals surface area contributed by atoms with Crippen LogP contribution in [0.15, 0.2) is 0 Å². The van der Waals surface area contributed by atoms with Gasteiger partial charge in [0.05, 0.1) is 3.57 Å². The van der Waals surface area contributed by atoms with E-state index in [0.717, 1.165) is 6.07 Å². The molecule has 0 aliphatic rings. The number of hydrogen-bond acceptors (Lipinski definition) is 2. The number of nitrogens with zero attached hydrogens (tertiary/aromatic N) is 2. The molecule has 70 valence electrons. The maximum Gasteiger partial charge on any atom is 0.180 e. The molecule has 1 aromatic rings. The van der Waals surface area contributed by atoms with Gasteiger partial charge in [-0.1, -0.05) is 0 Å². The van der Waals surface area contributed by atoms with Crippen LogP contribution in [-0.4, -0.2) is 0 Å². The Hall–Kier alpha value is -1.28. The molecule has 0 aliphatic heterocycles. The third-order valence-corrected chi connectivity index (χ3v) is 2.50. The van der Waals surface area contributed by atoms with Crippen molar-refractivity contribution in [2.75, 3.05) is 0 Å². The van der Waals surface area contributed by atoms with E-state index in [1.54, 1.807) is 0 Å². The minimum absolute atomic E-state index is 0.459. The molecule has 0 fully saturated rings. The molecule has 14 heavy (non-hydrogen) atoms. The third-order valence-electron chi connectivity index (χ3n) is 1.49. The van der Waals surface area contributed by atoms with Gasteiger partial charge in [-0.25, -0.2) is 13.2 Å². The van der Waals surface area contributed by atoms with Crippen molar-refractivity contribution in [1.29, 1.82) is 10.5 Å². The zero-order valence-electron chi connectivity index (χ0n) is 6.41. The summed E-state index contributed by atoms with van der Waals surface area (Å²) >= 11 is 1.30. The predicted molar refractivity (Wildman–Crippen MR) is 48.5 cm³/mol. The van der Waals surface area contributed by atoms with Crippen molar-refractivity contribution < 1.29 is 13.2 Å². The zero-order chi connectivity index (χ0) is 10.9. The van der Waals surface area contributed by atoms with E-state index in [9.17, 15) is 13.2 Å². The van der Waals surface area contributed by atoms with E-state index in [1.807, 2.05) is 0 Å². The van der Waals surface area contributed by atoms with Gasteiger partial charge in [-0.3, -0.25) is 0 Å². The third kappa shape index (κ3) is 1.42. The second kappa shape index (κ2) is 3.84. The summed E-state index contributed by atoms with van der Waals surface area (Å²) in [6.07, 6.45) is 0. The van der Waals surface area contributed by atoms with Crippen LogP contribution in [0.25, 0.3) is 0 Å². The predicted octanol–water partition coefficient (Wildman–Crippen LogP) is 2.45. The van der Waals surface area contributed by atoms with Gasteiger partial charge in [-0.2, -0.15) is 10.5 Å². The van der Waals surface area contributed by atoms with Gasteiger partial charge in [0.1, 0.15) is 23.3 Å². The molecule has 0 bridgehead atoms. The van der Waals surface area contributed by atoms with Crippen molar-refractivity contribution in [3.05, 3.63) is 32.1 Å². The van der Waals surface area contributed by atoms with Gasteiger partial charge >= 0.3 is 0 Å². The summed E-state index contributed by atoms with van der Waals surface area (Å²) < 4.78 is 38.5. The average Bonchev–Trinajstić information content (AvgIpc) is 2.16. The van der Waals surface area contributed by atoms with Crippen LogP contribution in [0.2, 0.25) is 0 Å². The highest BCUT2D eigenvalue weighted by Crippen LogP contribution is 2.25. The van der Waals surface area contributed by atoms with Crippen molar-refractivity contribution in [3.8, 4) is 12.1 Å². The second-order valence-electron chi connectivity index (χ2n) is 2.23. The SMILES string of the molecule is N#Cc1c(F)c(F)c(I)c(C#N)c1F. The minimum atomic E-state index is -1.56. The first-order valence-electron chi connectivity index (χ1n) is 3.20. The molecule has 0 aromatic heterocycles. The Kier molecular flexibility index (Phi) is 2.96. The molecule has 2 nitrogen and oxygen atoms in total. The van der Waals surface area contributed by atoms with Crippen LogP contribution in [0, 0.1) is 43.7 Å². The van der Waals surface area contributed by atoms with Crippen LogP contribution in [0.3, 0.4) is 0 Å². The fourth-order valence-electron chi connectivity index (χ4n) is 0.830. The highest BCUT2D eigenvalue weighted by molar-refractivity contribution is 14.1. The number of nitriles is 2. The Balaban J connectivity index is 3.78. The molecule has 0 saturated heterocycles. The molecule has 1 aromatic carbocycles. The summed E-state index contributed by atoms with van der Waals surface area (Å²) in [7, 11) is 0. The Morgan fingerprint density at radius 3 is 1.79 bits per heavy atom. The average molecular weight is 308 g/mol. The summed E-state index contributed by atoms with van der Waals surface area (Å²) in [5.74, 6) is -4.26. The Morgan fingerprint density at radius 2 is 1.36 bits per heavy atom. The van der Waals surface area contributed by atoms with Gasteiger partial charge in [-0.05, 0) is 22.6 Å². The molecule has 0 amide bonds. The molecule has 0 aliphatic carbocycles. The van der Waals surface area contributed by atoms with Crippen LogP contribution >= 0.6 is 22.6 Å². The monoisotopic (exact) mass is 308 g/mol. The van der Waals surface area contributed by atoms with Gasteiger partial charge in [0.2, 0.25) is 0 Å². The van der Waals surface area contributed by atoms with E-state index >= 15 is 0 Å². The van der Waals surface area contributed by atoms with Crippen LogP contribution in [0.5, 0.6) is 0 Å². The molecule has 1 rings (SSSR count). The molecule has 0 saturated carbocycles. The van der Waals surface area contributed by atoms with Gasteiger partial charge in [0.25, 0.3) is 0 Å². The van der Waals surface area contributed by atoms with Gasteiger partial charge in [0, 0.05) is 0 Å². The zero-order valence-corrected chi connectivity index (χ0v) is 8.56. The first kappa shape index (κ1) is 10.8. The largest absolute Gasteiger partial charge is 0.204 e. The summed E-state index contributed by atoms with van der Waals surface area (Å²) in [5, 5.41) is 16.8. The lowest BCUT2D eigenvalue weighted by Crippen LogP contribution is -2.03. The lowest BCUT2D eigenvalue weighted by atomic mass is 10.1. The Bertz CT molecular complexity index is 444. The van der Waals surface area contributed by atoms with Crippen molar-refractivity contribution in [2.45, 2.75) is 0 Å². The van der Waals surface area contributed by atoms with Gasteiger partial charge < -0.3 is 0 Å². The lowest BCUT2D eigenvalue weighted by Gasteiger charge is -2.02. The maximum absolute atomic E-state index is 13.1. The lowest BCUT2D eigenvalue weighted by molar-refractivity contribution is 0.484. The van der Waals surface area contributed by atoms with E-state index in [-0.39, 0.29) is 0 Å². The number of hydrogen-bond donors (Lipinski definition) is 0. The molecule has 0 atom stereocenters. The van der Waals surface area contributed by atoms with E-state index in [0.29, 0.717) is 0 Å². The molecule has 6 heteroatoms. The van der Waals surface area contributed by atoms with E-state index < -0.39 is 32.1 Å². The summed E-state index contributed by atoms with van der Waals surface area (Å²) in [5.41, 5.74) is -1.72. The first-order chi connectivity index (χ1) is 6.54. The Morgan fingerprint density at radius 1 is 0.857 bits per heavy atom. The first-order valence-corrected chi connectivity index (χ1v) is 4.28. The summed E-state index contributed by atoms with van der Waals surface area (Å²) in [6, 6.07) is 2.53. The van der Waals surface area contributed by atoms with Crippen LogP contribution in [-0.2, 0) is 0 Å². The van der Waals surface area contributed by atoms with Crippen LogP contribution in [0.4, 0.5) is 13.2 Å². The fourth-order valence-corrected chi connectivity index (χ4v) is 1.42. The normalized spacial score (nSPS) is 9.29.